The van der Waals surface area contributed by atoms with Gasteiger partial charge in [0.25, 0.3) is 0 Å². The number of nitrogens with one attached hydrogen (secondary N) is 1. The maximum Gasteiger partial charge on any atom is 0.126 e. The topological polar surface area (TPSA) is 28.2 Å². The van der Waals surface area contributed by atoms with Gasteiger partial charge in [0.05, 0.1) is 0 Å². The molecule has 1 fully saturated rings. The van der Waals surface area contributed by atoms with E-state index in [1.807, 2.05) is 24.4 Å². The summed E-state index contributed by atoms with van der Waals surface area (Å²) in [4.78, 5) is 6.91. The number of likely N-dealkylation sites (tertiary alicyclic amines) is 1. The Kier molecular flexibility index (Phi) is 4.23. The molecule has 0 saturated carbocycles. The molecule has 0 amide bonds. The van der Waals surface area contributed by atoms with E-state index in [0.29, 0.717) is 11.5 Å². The molecule has 100 valence electrons. The Morgan fingerprint density at radius 3 is 2.56 bits per heavy atom. The molecule has 3 nitrogen and oxygen atoms in total. The predicted molar refractivity (Wildman–Crippen MR) is 76.8 cm³/mol. The van der Waals surface area contributed by atoms with Crippen molar-refractivity contribution in [1.29, 1.82) is 0 Å². The zero-order valence-corrected chi connectivity index (χ0v) is 11.8. The maximum atomic E-state index is 4.33. The third kappa shape index (κ3) is 4.30. The zero-order valence-electron chi connectivity index (χ0n) is 11.8. The molecule has 1 aliphatic heterocycles. The molecule has 1 N–H and O–H groups in total. The number of nitrogens with zero attached hydrogens (tertiary/aromatic N) is 2. The van der Waals surface area contributed by atoms with Gasteiger partial charge in [-0.1, -0.05) is 26.8 Å². The fourth-order valence-corrected chi connectivity index (χ4v) is 2.56. The molecule has 3 heteroatoms. The molecule has 1 aromatic rings. The summed E-state index contributed by atoms with van der Waals surface area (Å²) in [5, 5.41) is 3.53. The number of aromatic nitrogens is 1. The van der Waals surface area contributed by atoms with Crippen LogP contribution in [0.15, 0.2) is 24.4 Å². The molecule has 2 rings (SSSR count). The van der Waals surface area contributed by atoms with Crippen LogP contribution in [0.25, 0.3) is 0 Å². The number of piperidine rings is 1. The first-order valence-corrected chi connectivity index (χ1v) is 6.93. The fraction of sp³-hybridized carbons (Fsp3) is 0.667. The molecule has 0 aliphatic carbocycles. The quantitative estimate of drug-likeness (QED) is 0.890. The van der Waals surface area contributed by atoms with Gasteiger partial charge in [-0.15, -0.1) is 0 Å². The first kappa shape index (κ1) is 13.3. The van der Waals surface area contributed by atoms with Crippen LogP contribution in [0.1, 0.15) is 33.6 Å². The second kappa shape index (κ2) is 5.70. The van der Waals surface area contributed by atoms with Crippen molar-refractivity contribution >= 4 is 5.82 Å². The van der Waals surface area contributed by atoms with Gasteiger partial charge in [-0.05, 0) is 30.4 Å². The van der Waals surface area contributed by atoms with E-state index < -0.39 is 0 Å². The summed E-state index contributed by atoms with van der Waals surface area (Å²) in [6, 6.07) is 6.61. The molecule has 1 aromatic heterocycles. The minimum absolute atomic E-state index is 0.404. The lowest BCUT2D eigenvalue weighted by molar-refractivity contribution is 0.158. The van der Waals surface area contributed by atoms with Crippen LogP contribution in [0, 0.1) is 5.41 Å². The first-order valence-electron chi connectivity index (χ1n) is 6.93. The van der Waals surface area contributed by atoms with E-state index in [1.165, 1.54) is 32.5 Å². The average molecular weight is 247 g/mol. The lowest BCUT2D eigenvalue weighted by atomic mass is 9.94. The van der Waals surface area contributed by atoms with Crippen LogP contribution in [0.5, 0.6) is 0 Å². The summed E-state index contributed by atoms with van der Waals surface area (Å²) in [7, 11) is 0. The molecule has 0 unspecified atom stereocenters. The Morgan fingerprint density at radius 1 is 1.28 bits per heavy atom. The van der Waals surface area contributed by atoms with Gasteiger partial charge in [0.15, 0.2) is 0 Å². The zero-order chi connectivity index (χ0) is 13.0. The normalized spacial score (nSPS) is 18.8. The summed E-state index contributed by atoms with van der Waals surface area (Å²) >= 11 is 0. The first-order chi connectivity index (χ1) is 8.53. The van der Waals surface area contributed by atoms with Crippen LogP contribution in [0.4, 0.5) is 5.82 Å². The van der Waals surface area contributed by atoms with Crippen molar-refractivity contribution in [2.75, 3.05) is 25.0 Å². The third-order valence-corrected chi connectivity index (χ3v) is 3.30. The van der Waals surface area contributed by atoms with Crippen LogP contribution in [-0.2, 0) is 0 Å². The summed E-state index contributed by atoms with van der Waals surface area (Å²) in [5.74, 6) is 1.01. The van der Waals surface area contributed by atoms with Crippen molar-refractivity contribution in [2.45, 2.75) is 39.7 Å². The van der Waals surface area contributed by atoms with Crippen LogP contribution in [0.2, 0.25) is 0 Å². The Labute approximate surface area is 111 Å². The second-order valence-corrected chi connectivity index (χ2v) is 6.47. The predicted octanol–water partition coefficient (Wildman–Crippen LogP) is 3.00. The molecular weight excluding hydrogens is 222 g/mol. The molecular formula is C15H25N3. The Hall–Kier alpha value is -1.09. The van der Waals surface area contributed by atoms with E-state index in [9.17, 15) is 0 Å². The van der Waals surface area contributed by atoms with Gasteiger partial charge in [0.1, 0.15) is 5.82 Å². The van der Waals surface area contributed by atoms with Gasteiger partial charge in [0.2, 0.25) is 0 Å². The highest BCUT2D eigenvalue weighted by atomic mass is 15.2. The Morgan fingerprint density at radius 2 is 2.00 bits per heavy atom. The van der Waals surface area contributed by atoms with Crippen LogP contribution < -0.4 is 5.32 Å². The standard InChI is InChI=1S/C15H25N3/c1-15(2,3)12-18-10-7-13(8-11-18)17-14-6-4-5-9-16-14/h4-6,9,13H,7-8,10-12H2,1-3H3,(H,16,17). The van der Waals surface area contributed by atoms with Crippen LogP contribution >= 0.6 is 0 Å². The van der Waals surface area contributed by atoms with Crippen molar-refractivity contribution in [3.05, 3.63) is 24.4 Å². The van der Waals surface area contributed by atoms with Crippen molar-refractivity contribution < 1.29 is 0 Å². The second-order valence-electron chi connectivity index (χ2n) is 6.47. The summed E-state index contributed by atoms with van der Waals surface area (Å²) in [6.45, 7) is 10.5. The van der Waals surface area contributed by atoms with Gasteiger partial charge < -0.3 is 10.2 Å². The average Bonchev–Trinajstić information content (AvgIpc) is 2.31. The molecule has 18 heavy (non-hydrogen) atoms. The largest absolute Gasteiger partial charge is 0.367 e. The molecule has 0 aromatic carbocycles. The van der Waals surface area contributed by atoms with E-state index >= 15 is 0 Å². The monoisotopic (exact) mass is 247 g/mol. The molecule has 0 bridgehead atoms. The molecule has 1 aliphatic rings. The Bertz CT molecular complexity index is 348. The van der Waals surface area contributed by atoms with Gasteiger partial charge >= 0.3 is 0 Å². The highest BCUT2D eigenvalue weighted by Gasteiger charge is 2.22. The van der Waals surface area contributed by atoms with E-state index in [-0.39, 0.29) is 0 Å². The number of hydrogen-bond donors (Lipinski definition) is 1. The fourth-order valence-electron chi connectivity index (χ4n) is 2.56. The SMILES string of the molecule is CC(C)(C)CN1CCC(Nc2ccccn2)CC1. The number of pyridine rings is 1. The minimum atomic E-state index is 0.404. The third-order valence-electron chi connectivity index (χ3n) is 3.30. The number of rotatable bonds is 3. The molecule has 0 radical (unpaired) electrons. The van der Waals surface area contributed by atoms with Gasteiger partial charge in [-0.3, -0.25) is 0 Å². The van der Waals surface area contributed by atoms with Crippen molar-refractivity contribution in [3.63, 3.8) is 0 Å². The highest BCUT2D eigenvalue weighted by Crippen LogP contribution is 2.20. The van der Waals surface area contributed by atoms with E-state index in [1.54, 1.807) is 0 Å². The molecule has 2 heterocycles. The van der Waals surface area contributed by atoms with Crippen LogP contribution in [-0.4, -0.2) is 35.6 Å². The molecule has 0 atom stereocenters. The minimum Gasteiger partial charge on any atom is -0.367 e. The van der Waals surface area contributed by atoms with E-state index in [0.717, 1.165) is 5.82 Å². The Balaban J connectivity index is 1.77. The number of anilines is 1. The van der Waals surface area contributed by atoms with Gasteiger partial charge in [-0.25, -0.2) is 4.98 Å². The number of hydrogen-bond acceptors (Lipinski definition) is 3. The van der Waals surface area contributed by atoms with Crippen LogP contribution in [0.3, 0.4) is 0 Å². The maximum absolute atomic E-state index is 4.33. The van der Waals surface area contributed by atoms with Crippen molar-refractivity contribution in [2.24, 2.45) is 5.41 Å². The molecule has 1 saturated heterocycles. The summed E-state index contributed by atoms with van der Waals surface area (Å²) < 4.78 is 0. The smallest absolute Gasteiger partial charge is 0.126 e. The molecule has 0 spiro atoms. The summed E-state index contributed by atoms with van der Waals surface area (Å²) in [6.07, 6.45) is 4.27. The lowest BCUT2D eigenvalue weighted by Crippen LogP contribution is -2.42. The summed E-state index contributed by atoms with van der Waals surface area (Å²) in [5.41, 5.74) is 0.404. The van der Waals surface area contributed by atoms with Crippen molar-refractivity contribution in [1.82, 2.24) is 9.88 Å². The van der Waals surface area contributed by atoms with Gasteiger partial charge in [0, 0.05) is 31.9 Å². The van der Waals surface area contributed by atoms with Crippen molar-refractivity contribution in [3.8, 4) is 0 Å². The lowest BCUT2D eigenvalue weighted by Gasteiger charge is -2.36. The van der Waals surface area contributed by atoms with Gasteiger partial charge in [-0.2, -0.15) is 0 Å². The van der Waals surface area contributed by atoms with E-state index in [2.05, 4.69) is 36.0 Å². The van der Waals surface area contributed by atoms with E-state index in [4.69, 9.17) is 0 Å². The highest BCUT2D eigenvalue weighted by molar-refractivity contribution is 5.34.